The molecular formula is C8H15NOS. The quantitative estimate of drug-likeness (QED) is 0.607. The minimum Gasteiger partial charge on any atom is -0.300 e. The molecule has 0 aromatic heterocycles. The highest BCUT2D eigenvalue weighted by atomic mass is 32.1. The molecule has 1 rings (SSSR count). The second-order valence-electron chi connectivity index (χ2n) is 3.91. The van der Waals surface area contributed by atoms with Gasteiger partial charge in [-0.2, -0.15) is 0 Å². The number of thiol groups is 1. The standard InChI is InChI=1S/C8H15NOS/c1-6(10)7-4-8(2,3)9(11)5-7/h7,11H,4-5H2,1-3H3. The molecule has 0 N–H and O–H groups in total. The molecule has 0 saturated carbocycles. The van der Waals surface area contributed by atoms with E-state index >= 15 is 0 Å². The van der Waals surface area contributed by atoms with E-state index in [2.05, 4.69) is 26.7 Å². The third-order valence-corrected chi connectivity index (χ3v) is 3.12. The number of Topliss-reactive ketones (excluding diaryl/α,β-unsaturated/α-hetero) is 1. The lowest BCUT2D eigenvalue weighted by Gasteiger charge is -2.25. The van der Waals surface area contributed by atoms with Crippen LogP contribution in [-0.4, -0.2) is 22.2 Å². The van der Waals surface area contributed by atoms with E-state index in [9.17, 15) is 4.79 Å². The molecular weight excluding hydrogens is 158 g/mol. The van der Waals surface area contributed by atoms with Crippen LogP contribution in [-0.2, 0) is 4.79 Å². The van der Waals surface area contributed by atoms with E-state index in [0.29, 0.717) is 0 Å². The first kappa shape index (κ1) is 9.07. The van der Waals surface area contributed by atoms with E-state index in [4.69, 9.17) is 0 Å². The van der Waals surface area contributed by atoms with Crippen molar-refractivity contribution in [3.8, 4) is 0 Å². The summed E-state index contributed by atoms with van der Waals surface area (Å²) < 4.78 is 1.96. The highest BCUT2D eigenvalue weighted by molar-refractivity contribution is 7.77. The number of carbonyl (C=O) groups excluding carboxylic acids is 1. The Bertz CT molecular complexity index is 179. The third-order valence-electron chi connectivity index (χ3n) is 2.41. The van der Waals surface area contributed by atoms with Crippen molar-refractivity contribution in [1.29, 1.82) is 0 Å². The van der Waals surface area contributed by atoms with Crippen molar-refractivity contribution in [2.45, 2.75) is 32.7 Å². The van der Waals surface area contributed by atoms with E-state index in [0.717, 1.165) is 13.0 Å². The molecule has 1 aliphatic heterocycles. The molecule has 1 aliphatic rings. The van der Waals surface area contributed by atoms with Crippen molar-refractivity contribution in [2.24, 2.45) is 5.92 Å². The van der Waals surface area contributed by atoms with Gasteiger partial charge in [0, 0.05) is 18.0 Å². The second-order valence-corrected chi connectivity index (χ2v) is 4.39. The Morgan fingerprint density at radius 3 is 2.36 bits per heavy atom. The van der Waals surface area contributed by atoms with Crippen LogP contribution >= 0.6 is 12.8 Å². The minimum atomic E-state index is 0.0828. The van der Waals surface area contributed by atoms with E-state index < -0.39 is 0 Å². The van der Waals surface area contributed by atoms with Gasteiger partial charge in [0.1, 0.15) is 5.78 Å². The zero-order valence-corrected chi connectivity index (χ0v) is 8.19. The zero-order valence-electron chi connectivity index (χ0n) is 7.29. The molecule has 0 spiro atoms. The highest BCUT2D eigenvalue weighted by Crippen LogP contribution is 2.33. The summed E-state index contributed by atoms with van der Waals surface area (Å²) in [5.74, 6) is 0.483. The molecule has 64 valence electrons. The van der Waals surface area contributed by atoms with Crippen LogP contribution in [0.1, 0.15) is 27.2 Å². The summed E-state index contributed by atoms with van der Waals surface area (Å²) in [6, 6.07) is 0. The van der Waals surface area contributed by atoms with Crippen molar-refractivity contribution >= 4 is 18.6 Å². The molecule has 1 unspecified atom stereocenters. The smallest absolute Gasteiger partial charge is 0.134 e. The number of hydrogen-bond donors (Lipinski definition) is 1. The molecule has 0 bridgehead atoms. The summed E-state index contributed by atoms with van der Waals surface area (Å²) in [5.41, 5.74) is 0.0828. The highest BCUT2D eigenvalue weighted by Gasteiger charge is 2.38. The van der Waals surface area contributed by atoms with Gasteiger partial charge in [-0.15, -0.1) is 0 Å². The maximum absolute atomic E-state index is 11.0. The third kappa shape index (κ3) is 1.76. The zero-order chi connectivity index (χ0) is 8.65. The average Bonchev–Trinajstić information content (AvgIpc) is 2.08. The van der Waals surface area contributed by atoms with Crippen molar-refractivity contribution < 1.29 is 4.79 Å². The Balaban J connectivity index is 2.64. The molecule has 1 fully saturated rings. The first-order valence-electron chi connectivity index (χ1n) is 3.90. The van der Waals surface area contributed by atoms with Gasteiger partial charge in [0.25, 0.3) is 0 Å². The van der Waals surface area contributed by atoms with Crippen LogP contribution in [0, 0.1) is 5.92 Å². The average molecular weight is 173 g/mol. The summed E-state index contributed by atoms with van der Waals surface area (Å²) in [6.07, 6.45) is 0.936. The normalized spacial score (nSPS) is 30.7. The maximum atomic E-state index is 11.0. The van der Waals surface area contributed by atoms with Crippen LogP contribution in [0.2, 0.25) is 0 Å². The minimum absolute atomic E-state index is 0.0828. The Morgan fingerprint density at radius 2 is 2.18 bits per heavy atom. The SMILES string of the molecule is CC(=O)C1CN(S)C(C)(C)C1. The summed E-state index contributed by atoms with van der Waals surface area (Å²) in [6.45, 7) is 6.69. The van der Waals surface area contributed by atoms with Gasteiger partial charge in [0.05, 0.1) is 0 Å². The molecule has 0 radical (unpaired) electrons. The number of rotatable bonds is 1. The van der Waals surface area contributed by atoms with E-state index in [1.165, 1.54) is 0 Å². The number of ketones is 1. The Morgan fingerprint density at radius 1 is 1.64 bits per heavy atom. The Labute approximate surface area is 73.5 Å². The van der Waals surface area contributed by atoms with Crippen LogP contribution in [0.25, 0.3) is 0 Å². The summed E-state index contributed by atoms with van der Waals surface area (Å²) in [4.78, 5) is 11.0. The summed E-state index contributed by atoms with van der Waals surface area (Å²) in [5, 5.41) is 0. The fourth-order valence-corrected chi connectivity index (χ4v) is 1.78. The number of carbonyl (C=O) groups is 1. The topological polar surface area (TPSA) is 20.3 Å². The van der Waals surface area contributed by atoms with Crippen molar-refractivity contribution in [3.63, 3.8) is 0 Å². The molecule has 0 aromatic carbocycles. The van der Waals surface area contributed by atoms with E-state index in [1.54, 1.807) is 6.92 Å². The predicted molar refractivity (Wildman–Crippen MR) is 48.6 cm³/mol. The fraction of sp³-hybridized carbons (Fsp3) is 0.875. The van der Waals surface area contributed by atoms with Gasteiger partial charge in [0.15, 0.2) is 0 Å². The number of nitrogens with zero attached hydrogens (tertiary/aromatic N) is 1. The van der Waals surface area contributed by atoms with Crippen molar-refractivity contribution in [3.05, 3.63) is 0 Å². The van der Waals surface area contributed by atoms with Crippen LogP contribution < -0.4 is 0 Å². The lowest BCUT2D eigenvalue weighted by molar-refractivity contribution is -0.120. The Kier molecular flexibility index (Phi) is 2.30. The maximum Gasteiger partial charge on any atom is 0.134 e. The van der Waals surface area contributed by atoms with Crippen LogP contribution in [0.4, 0.5) is 0 Å². The molecule has 0 aliphatic carbocycles. The first-order chi connectivity index (χ1) is 4.93. The Hall–Kier alpha value is -0.0200. The molecule has 0 aromatic rings. The van der Waals surface area contributed by atoms with Gasteiger partial charge in [-0.05, 0) is 27.2 Å². The molecule has 3 heteroatoms. The lowest BCUT2D eigenvalue weighted by atomic mass is 9.95. The first-order valence-corrected chi connectivity index (χ1v) is 4.30. The van der Waals surface area contributed by atoms with Crippen molar-refractivity contribution in [2.75, 3.05) is 6.54 Å². The van der Waals surface area contributed by atoms with Crippen LogP contribution in [0.5, 0.6) is 0 Å². The van der Waals surface area contributed by atoms with Gasteiger partial charge >= 0.3 is 0 Å². The van der Waals surface area contributed by atoms with Crippen molar-refractivity contribution in [1.82, 2.24) is 4.31 Å². The molecule has 1 saturated heterocycles. The van der Waals surface area contributed by atoms with Crippen LogP contribution in [0.15, 0.2) is 0 Å². The van der Waals surface area contributed by atoms with E-state index in [1.807, 2.05) is 4.31 Å². The molecule has 1 atom stereocenters. The van der Waals surface area contributed by atoms with Gasteiger partial charge in [-0.3, -0.25) is 4.79 Å². The molecule has 2 nitrogen and oxygen atoms in total. The second kappa shape index (κ2) is 2.79. The molecule has 0 amide bonds. The monoisotopic (exact) mass is 173 g/mol. The molecule has 1 heterocycles. The van der Waals surface area contributed by atoms with Gasteiger partial charge < -0.3 is 0 Å². The van der Waals surface area contributed by atoms with Gasteiger partial charge in [-0.1, -0.05) is 12.8 Å². The lowest BCUT2D eigenvalue weighted by Crippen LogP contribution is -2.30. The largest absolute Gasteiger partial charge is 0.300 e. The number of hydrogen-bond acceptors (Lipinski definition) is 3. The summed E-state index contributed by atoms with van der Waals surface area (Å²) in [7, 11) is 0. The fourth-order valence-electron chi connectivity index (χ4n) is 1.50. The summed E-state index contributed by atoms with van der Waals surface area (Å²) >= 11 is 4.31. The van der Waals surface area contributed by atoms with Gasteiger partial charge in [-0.25, -0.2) is 4.31 Å². The predicted octanol–water partition coefficient (Wildman–Crippen LogP) is 1.52. The molecule has 11 heavy (non-hydrogen) atoms. The van der Waals surface area contributed by atoms with E-state index in [-0.39, 0.29) is 17.2 Å². The van der Waals surface area contributed by atoms with Gasteiger partial charge in [0.2, 0.25) is 0 Å². The van der Waals surface area contributed by atoms with Crippen LogP contribution in [0.3, 0.4) is 0 Å².